The molecule has 1 aliphatic rings. The van der Waals surface area contributed by atoms with Crippen molar-refractivity contribution >= 4 is 27.8 Å². The minimum atomic E-state index is -0.604. The molecule has 25 heavy (non-hydrogen) atoms. The summed E-state index contributed by atoms with van der Waals surface area (Å²) in [5.41, 5.74) is 0.0898. The third-order valence-electron chi connectivity index (χ3n) is 4.18. The SMILES string of the molecule is C=CCCn1c(=O)c2cc3c(cc2c2cc(C(=O)OC)oc21)OCO3. The highest BCUT2D eigenvalue weighted by molar-refractivity contribution is 6.07. The summed E-state index contributed by atoms with van der Waals surface area (Å²) >= 11 is 0. The lowest BCUT2D eigenvalue weighted by atomic mass is 10.1. The van der Waals surface area contributed by atoms with Crippen LogP contribution < -0.4 is 15.0 Å². The zero-order valence-electron chi connectivity index (χ0n) is 13.5. The Morgan fingerprint density at radius 3 is 2.64 bits per heavy atom. The molecule has 4 rings (SSSR count). The first-order chi connectivity index (χ1) is 12.1. The predicted molar refractivity (Wildman–Crippen MR) is 90.3 cm³/mol. The minimum Gasteiger partial charge on any atom is -0.463 e. The van der Waals surface area contributed by atoms with Gasteiger partial charge in [-0.2, -0.15) is 0 Å². The highest BCUT2D eigenvalue weighted by Crippen LogP contribution is 2.38. The van der Waals surface area contributed by atoms with Gasteiger partial charge in [-0.3, -0.25) is 9.36 Å². The van der Waals surface area contributed by atoms with E-state index >= 15 is 0 Å². The third kappa shape index (κ3) is 2.27. The number of fused-ring (bicyclic) bond motifs is 4. The lowest BCUT2D eigenvalue weighted by Gasteiger charge is -2.08. The van der Waals surface area contributed by atoms with Gasteiger partial charge >= 0.3 is 5.97 Å². The van der Waals surface area contributed by atoms with Gasteiger partial charge in [0.1, 0.15) is 0 Å². The molecule has 0 bridgehead atoms. The molecule has 3 heterocycles. The van der Waals surface area contributed by atoms with Crippen molar-refractivity contribution in [2.24, 2.45) is 0 Å². The summed E-state index contributed by atoms with van der Waals surface area (Å²) in [5.74, 6) is 0.510. The number of nitrogens with zero attached hydrogens (tertiary/aromatic N) is 1. The first-order valence-corrected chi connectivity index (χ1v) is 7.73. The van der Waals surface area contributed by atoms with Crippen LogP contribution in [-0.2, 0) is 11.3 Å². The number of aromatic nitrogens is 1. The Labute approximate surface area is 142 Å². The Morgan fingerprint density at radius 2 is 1.96 bits per heavy atom. The molecule has 1 aliphatic heterocycles. The number of rotatable bonds is 4. The van der Waals surface area contributed by atoms with E-state index in [1.165, 1.54) is 11.7 Å². The molecule has 0 amide bonds. The normalized spacial score (nSPS) is 12.7. The number of benzene rings is 1. The van der Waals surface area contributed by atoms with Crippen LogP contribution in [0.4, 0.5) is 0 Å². The number of methoxy groups -OCH3 is 1. The second kappa shape index (κ2) is 5.70. The van der Waals surface area contributed by atoms with Gasteiger partial charge in [0.05, 0.1) is 12.5 Å². The molecule has 3 aromatic rings. The topological polar surface area (TPSA) is 79.9 Å². The number of hydrogen-bond acceptors (Lipinski definition) is 6. The zero-order valence-corrected chi connectivity index (χ0v) is 13.5. The van der Waals surface area contributed by atoms with E-state index in [4.69, 9.17) is 18.6 Å². The maximum atomic E-state index is 13.0. The van der Waals surface area contributed by atoms with Crippen molar-refractivity contribution < 1.29 is 23.4 Å². The van der Waals surface area contributed by atoms with Crippen molar-refractivity contribution in [2.75, 3.05) is 13.9 Å². The summed E-state index contributed by atoms with van der Waals surface area (Å²) in [7, 11) is 1.27. The summed E-state index contributed by atoms with van der Waals surface area (Å²) in [6.45, 7) is 4.18. The highest BCUT2D eigenvalue weighted by Gasteiger charge is 2.22. The molecule has 0 radical (unpaired) electrons. The summed E-state index contributed by atoms with van der Waals surface area (Å²) in [6.07, 6.45) is 2.30. The fourth-order valence-corrected chi connectivity index (χ4v) is 2.98. The molecular weight excluding hydrogens is 326 g/mol. The van der Waals surface area contributed by atoms with Gasteiger partial charge in [-0.25, -0.2) is 4.79 Å². The van der Waals surface area contributed by atoms with Crippen molar-refractivity contribution in [1.29, 1.82) is 0 Å². The number of aryl methyl sites for hydroxylation is 1. The van der Waals surface area contributed by atoms with E-state index in [0.29, 0.717) is 46.3 Å². The summed E-state index contributed by atoms with van der Waals surface area (Å²) in [6, 6.07) is 4.97. The van der Waals surface area contributed by atoms with Crippen molar-refractivity contribution in [3.63, 3.8) is 0 Å². The first-order valence-electron chi connectivity index (χ1n) is 7.73. The highest BCUT2D eigenvalue weighted by atomic mass is 16.7. The molecule has 2 aromatic heterocycles. The van der Waals surface area contributed by atoms with Gasteiger partial charge in [0.2, 0.25) is 18.3 Å². The van der Waals surface area contributed by atoms with E-state index in [2.05, 4.69) is 6.58 Å². The fourth-order valence-electron chi connectivity index (χ4n) is 2.98. The van der Waals surface area contributed by atoms with Crippen LogP contribution in [0.5, 0.6) is 11.5 Å². The maximum Gasteiger partial charge on any atom is 0.374 e. The standard InChI is InChI=1S/C18H15NO6/c1-3-4-5-19-16(20)11-7-14-13(23-9-24-14)6-10(11)12-8-15(18(21)22-2)25-17(12)19/h3,6-8H,1,4-5,9H2,2H3. The molecule has 0 saturated heterocycles. The Morgan fingerprint density at radius 1 is 1.24 bits per heavy atom. The Bertz CT molecular complexity index is 1070. The summed E-state index contributed by atoms with van der Waals surface area (Å²) < 4.78 is 22.6. The van der Waals surface area contributed by atoms with E-state index < -0.39 is 5.97 Å². The predicted octanol–water partition coefficient (Wildman–Crippen LogP) is 2.84. The van der Waals surface area contributed by atoms with Crippen LogP contribution >= 0.6 is 0 Å². The Kier molecular flexibility index (Phi) is 3.49. The van der Waals surface area contributed by atoms with Crippen LogP contribution in [0.15, 0.2) is 40.1 Å². The molecule has 0 atom stereocenters. The van der Waals surface area contributed by atoms with E-state index in [1.807, 2.05) is 0 Å². The number of allylic oxidation sites excluding steroid dienone is 1. The van der Waals surface area contributed by atoms with E-state index in [-0.39, 0.29) is 18.1 Å². The van der Waals surface area contributed by atoms with Crippen molar-refractivity contribution in [1.82, 2.24) is 4.57 Å². The lowest BCUT2D eigenvalue weighted by molar-refractivity contribution is 0.0567. The van der Waals surface area contributed by atoms with Crippen molar-refractivity contribution in [3.05, 3.63) is 47.0 Å². The molecule has 0 fully saturated rings. The number of hydrogen-bond donors (Lipinski definition) is 0. The van der Waals surface area contributed by atoms with Gasteiger partial charge < -0.3 is 18.6 Å². The average Bonchev–Trinajstić information content (AvgIpc) is 3.26. The van der Waals surface area contributed by atoms with Gasteiger partial charge in [-0.15, -0.1) is 6.58 Å². The average molecular weight is 341 g/mol. The number of furan rings is 1. The fraction of sp³-hybridized carbons (Fsp3) is 0.222. The lowest BCUT2D eigenvalue weighted by Crippen LogP contribution is -2.20. The molecule has 0 unspecified atom stereocenters. The molecule has 0 aliphatic carbocycles. The number of esters is 1. The van der Waals surface area contributed by atoms with E-state index in [0.717, 1.165) is 0 Å². The second-order valence-corrected chi connectivity index (χ2v) is 5.61. The number of pyridine rings is 1. The van der Waals surface area contributed by atoms with Gasteiger partial charge in [-0.1, -0.05) is 6.08 Å². The Balaban J connectivity index is 2.09. The first kappa shape index (κ1) is 15.3. The van der Waals surface area contributed by atoms with Crippen LogP contribution in [0.3, 0.4) is 0 Å². The zero-order chi connectivity index (χ0) is 17.6. The molecule has 7 nitrogen and oxygen atoms in total. The maximum absolute atomic E-state index is 13.0. The van der Waals surface area contributed by atoms with Crippen LogP contribution in [0.1, 0.15) is 17.0 Å². The van der Waals surface area contributed by atoms with Gasteiger partial charge in [-0.05, 0) is 18.6 Å². The summed E-state index contributed by atoms with van der Waals surface area (Å²) in [4.78, 5) is 24.8. The van der Waals surface area contributed by atoms with Crippen LogP contribution in [0.25, 0.3) is 21.9 Å². The quantitative estimate of drug-likeness (QED) is 0.536. The number of ether oxygens (including phenoxy) is 3. The molecular formula is C18H15NO6. The number of carbonyl (C=O) groups excluding carboxylic acids is 1. The second-order valence-electron chi connectivity index (χ2n) is 5.61. The smallest absolute Gasteiger partial charge is 0.374 e. The van der Waals surface area contributed by atoms with E-state index in [1.54, 1.807) is 24.3 Å². The minimum absolute atomic E-state index is 0.0365. The van der Waals surface area contributed by atoms with Crippen molar-refractivity contribution in [2.45, 2.75) is 13.0 Å². The van der Waals surface area contributed by atoms with Crippen LogP contribution in [-0.4, -0.2) is 24.4 Å². The Hall–Kier alpha value is -3.22. The van der Waals surface area contributed by atoms with Crippen molar-refractivity contribution in [3.8, 4) is 11.5 Å². The van der Waals surface area contributed by atoms with Gasteiger partial charge in [0, 0.05) is 23.4 Å². The summed E-state index contributed by atoms with van der Waals surface area (Å²) in [5, 5.41) is 1.74. The molecule has 0 N–H and O–H groups in total. The third-order valence-corrected chi connectivity index (χ3v) is 4.18. The molecule has 0 saturated carbocycles. The molecule has 128 valence electrons. The van der Waals surface area contributed by atoms with E-state index in [9.17, 15) is 9.59 Å². The molecule has 0 spiro atoms. The molecule has 7 heteroatoms. The van der Waals surface area contributed by atoms with Crippen LogP contribution in [0, 0.1) is 0 Å². The van der Waals surface area contributed by atoms with Gasteiger partial charge in [0.15, 0.2) is 11.5 Å². The number of carbonyl (C=O) groups is 1. The monoisotopic (exact) mass is 341 g/mol. The largest absolute Gasteiger partial charge is 0.463 e. The van der Waals surface area contributed by atoms with Gasteiger partial charge in [0.25, 0.3) is 5.56 Å². The molecule has 1 aromatic carbocycles. The van der Waals surface area contributed by atoms with Crippen LogP contribution in [0.2, 0.25) is 0 Å².